The number of nitrogens with zero attached hydrogens (tertiary/aromatic N) is 4. The second kappa shape index (κ2) is 7.19. The lowest BCUT2D eigenvalue weighted by Gasteiger charge is -2.36. The maximum atomic E-state index is 13.0. The van der Waals surface area contributed by atoms with Crippen molar-refractivity contribution in [2.75, 3.05) is 26.3 Å². The molecule has 3 heterocycles. The number of morpholine rings is 1. The van der Waals surface area contributed by atoms with Crippen molar-refractivity contribution in [2.24, 2.45) is 0 Å². The first-order valence-corrected chi connectivity index (χ1v) is 10.1. The van der Waals surface area contributed by atoms with E-state index in [-0.39, 0.29) is 17.2 Å². The van der Waals surface area contributed by atoms with Crippen molar-refractivity contribution in [1.29, 1.82) is 0 Å². The number of hydrogen-bond acceptors (Lipinski definition) is 6. The van der Waals surface area contributed by atoms with Gasteiger partial charge in [-0.05, 0) is 17.7 Å². The first-order chi connectivity index (χ1) is 12.2. The van der Waals surface area contributed by atoms with Crippen LogP contribution in [-0.2, 0) is 11.2 Å². The summed E-state index contributed by atoms with van der Waals surface area (Å²) in [4.78, 5) is 19.9. The lowest BCUT2D eigenvalue weighted by Crippen LogP contribution is -2.44. The van der Waals surface area contributed by atoms with E-state index in [9.17, 15) is 4.79 Å². The van der Waals surface area contributed by atoms with Gasteiger partial charge in [0.05, 0.1) is 19.3 Å². The summed E-state index contributed by atoms with van der Waals surface area (Å²) in [5.41, 5.74) is 1.13. The molecule has 1 aromatic heterocycles. The Kier molecular flexibility index (Phi) is 4.95. The molecule has 132 valence electrons. The maximum Gasteiger partial charge on any atom is 0.264 e. The molecule has 0 amide bonds. The largest absolute Gasteiger partial charge is 0.379 e. The van der Waals surface area contributed by atoms with Gasteiger partial charge in [-0.15, -0.1) is 5.10 Å². The van der Waals surface area contributed by atoms with E-state index < -0.39 is 0 Å². The molecule has 0 radical (unpaired) electrons. The fourth-order valence-corrected chi connectivity index (χ4v) is 5.01. The van der Waals surface area contributed by atoms with E-state index in [0.717, 1.165) is 35.4 Å². The van der Waals surface area contributed by atoms with Crippen LogP contribution in [0.1, 0.15) is 29.1 Å². The first kappa shape index (κ1) is 17.2. The van der Waals surface area contributed by atoms with Crippen LogP contribution in [0.5, 0.6) is 0 Å². The van der Waals surface area contributed by atoms with Gasteiger partial charge in [0.25, 0.3) is 5.91 Å². The molecule has 0 aliphatic carbocycles. The number of aryl methyl sites for hydroxylation is 1. The first-order valence-electron chi connectivity index (χ1n) is 8.41. The van der Waals surface area contributed by atoms with Crippen LogP contribution in [0.25, 0.3) is 0 Å². The molecule has 0 N–H and O–H groups in total. The minimum atomic E-state index is -0.242. The average molecular weight is 423 g/mol. The Labute approximate surface area is 159 Å². The third kappa shape index (κ3) is 3.28. The summed E-state index contributed by atoms with van der Waals surface area (Å²) in [5, 5.41) is 4.83. The standard InChI is InChI=1S/C17H19BrN4O2S/c1-2-13-19-17-22(20-13)16(23)15(25-17)14(21-6-8-24-9-7-21)11-4-3-5-12(18)10-11/h3-5,10,14-15H,2,6-9H2,1H3. The lowest BCUT2D eigenvalue weighted by atomic mass is 10.0. The number of halogens is 1. The smallest absolute Gasteiger partial charge is 0.264 e. The highest BCUT2D eigenvalue weighted by Crippen LogP contribution is 2.41. The Morgan fingerprint density at radius 2 is 2.20 bits per heavy atom. The molecule has 2 aliphatic heterocycles. The van der Waals surface area contributed by atoms with Crippen molar-refractivity contribution in [3.05, 3.63) is 40.1 Å². The monoisotopic (exact) mass is 422 g/mol. The van der Waals surface area contributed by atoms with Crippen LogP contribution in [0, 0.1) is 0 Å². The van der Waals surface area contributed by atoms with E-state index in [0.29, 0.717) is 18.4 Å². The number of fused-ring (bicyclic) bond motifs is 1. The van der Waals surface area contributed by atoms with Crippen LogP contribution in [0.4, 0.5) is 0 Å². The topological polar surface area (TPSA) is 60.2 Å². The molecule has 25 heavy (non-hydrogen) atoms. The molecule has 2 unspecified atom stereocenters. The van der Waals surface area contributed by atoms with E-state index in [1.165, 1.54) is 16.4 Å². The zero-order valence-electron chi connectivity index (χ0n) is 13.9. The fraction of sp³-hybridized carbons (Fsp3) is 0.471. The number of hydrogen-bond donors (Lipinski definition) is 0. The van der Waals surface area contributed by atoms with Gasteiger partial charge in [0.1, 0.15) is 5.25 Å². The van der Waals surface area contributed by atoms with Crippen molar-refractivity contribution in [2.45, 2.75) is 29.8 Å². The van der Waals surface area contributed by atoms with Crippen molar-refractivity contribution < 1.29 is 9.53 Å². The maximum absolute atomic E-state index is 13.0. The molecule has 8 heteroatoms. The van der Waals surface area contributed by atoms with Crippen molar-refractivity contribution in [1.82, 2.24) is 19.7 Å². The van der Waals surface area contributed by atoms with Crippen LogP contribution >= 0.6 is 27.7 Å². The van der Waals surface area contributed by atoms with Gasteiger partial charge < -0.3 is 4.74 Å². The highest BCUT2D eigenvalue weighted by atomic mass is 79.9. The Morgan fingerprint density at radius 1 is 1.40 bits per heavy atom. The Bertz CT molecular complexity index is 791. The minimum Gasteiger partial charge on any atom is -0.379 e. The molecule has 1 aromatic carbocycles. The number of carbonyl (C=O) groups is 1. The normalized spacial score (nSPS) is 22.2. The van der Waals surface area contributed by atoms with Gasteiger partial charge in [-0.25, -0.2) is 4.98 Å². The van der Waals surface area contributed by atoms with Crippen LogP contribution < -0.4 is 0 Å². The van der Waals surface area contributed by atoms with Gasteiger partial charge in [0.2, 0.25) is 0 Å². The number of ether oxygens (including phenoxy) is 1. The van der Waals surface area contributed by atoms with Gasteiger partial charge in [0, 0.05) is 24.0 Å². The van der Waals surface area contributed by atoms with E-state index in [2.05, 4.69) is 43.0 Å². The summed E-state index contributed by atoms with van der Waals surface area (Å²) in [6, 6.07) is 8.18. The predicted octanol–water partition coefficient (Wildman–Crippen LogP) is 2.79. The Morgan fingerprint density at radius 3 is 2.88 bits per heavy atom. The summed E-state index contributed by atoms with van der Waals surface area (Å²) in [6.07, 6.45) is 0.733. The van der Waals surface area contributed by atoms with Crippen LogP contribution in [-0.4, -0.2) is 57.1 Å². The van der Waals surface area contributed by atoms with Crippen LogP contribution in [0.2, 0.25) is 0 Å². The molecule has 4 rings (SSSR count). The van der Waals surface area contributed by atoms with Crippen molar-refractivity contribution in [3.63, 3.8) is 0 Å². The van der Waals surface area contributed by atoms with Crippen molar-refractivity contribution in [3.8, 4) is 0 Å². The highest BCUT2D eigenvalue weighted by molar-refractivity contribution is 9.10. The van der Waals surface area contributed by atoms with E-state index in [1.807, 2.05) is 19.1 Å². The quantitative estimate of drug-likeness (QED) is 0.754. The summed E-state index contributed by atoms with van der Waals surface area (Å²) in [5.74, 6) is 0.739. The highest BCUT2D eigenvalue weighted by Gasteiger charge is 2.43. The molecule has 6 nitrogen and oxygen atoms in total. The number of aromatic nitrogens is 3. The molecular formula is C17H19BrN4O2S. The number of carbonyl (C=O) groups excluding carboxylic acids is 1. The minimum absolute atomic E-state index is 0.0173. The van der Waals surface area contributed by atoms with Crippen molar-refractivity contribution >= 4 is 33.6 Å². The Balaban J connectivity index is 1.68. The van der Waals surface area contributed by atoms with Gasteiger partial charge in [-0.1, -0.05) is 46.7 Å². The predicted molar refractivity (Wildman–Crippen MR) is 98.9 cm³/mol. The fourth-order valence-electron chi connectivity index (χ4n) is 3.32. The third-order valence-corrected chi connectivity index (χ3v) is 6.22. The summed E-state index contributed by atoms with van der Waals surface area (Å²) in [6.45, 7) is 5.02. The molecule has 2 atom stereocenters. The third-order valence-electron chi connectivity index (χ3n) is 4.54. The second-order valence-corrected chi connectivity index (χ2v) is 8.13. The second-order valence-electron chi connectivity index (χ2n) is 6.10. The summed E-state index contributed by atoms with van der Waals surface area (Å²) >= 11 is 5.08. The van der Waals surface area contributed by atoms with Crippen LogP contribution in [0.15, 0.2) is 33.9 Å². The molecule has 0 bridgehead atoms. The van der Waals surface area contributed by atoms with E-state index >= 15 is 0 Å². The van der Waals surface area contributed by atoms with Crippen LogP contribution in [0.3, 0.4) is 0 Å². The zero-order valence-corrected chi connectivity index (χ0v) is 16.3. The Hall–Kier alpha value is -1.22. The number of rotatable bonds is 4. The molecule has 1 fully saturated rings. The molecule has 1 saturated heterocycles. The number of benzene rings is 1. The molecule has 2 aliphatic rings. The SMILES string of the molecule is CCc1nc2n(n1)C(=O)C(C(c1cccc(Br)c1)N1CCOCC1)S2. The summed E-state index contributed by atoms with van der Waals surface area (Å²) in [7, 11) is 0. The molecule has 0 spiro atoms. The van der Waals surface area contributed by atoms with E-state index in [1.54, 1.807) is 0 Å². The van der Waals surface area contributed by atoms with Gasteiger partial charge in [-0.3, -0.25) is 9.69 Å². The average Bonchev–Trinajstić information content (AvgIpc) is 3.16. The zero-order chi connectivity index (χ0) is 17.4. The van der Waals surface area contributed by atoms with Gasteiger partial charge in [-0.2, -0.15) is 4.68 Å². The van der Waals surface area contributed by atoms with Gasteiger partial charge >= 0.3 is 0 Å². The molecule has 0 saturated carbocycles. The number of thioether (sulfide) groups is 1. The lowest BCUT2D eigenvalue weighted by molar-refractivity contribution is 0.0152. The van der Waals surface area contributed by atoms with Gasteiger partial charge in [0.15, 0.2) is 11.0 Å². The molecule has 2 aromatic rings. The molecular weight excluding hydrogens is 404 g/mol. The van der Waals surface area contributed by atoms with E-state index in [4.69, 9.17) is 4.74 Å². The summed E-state index contributed by atoms with van der Waals surface area (Å²) < 4.78 is 8.01.